The molecule has 3 rings (SSSR count). The van der Waals surface area contributed by atoms with Crippen LogP contribution in [0.25, 0.3) is 0 Å². The zero-order chi connectivity index (χ0) is 17.5. The maximum atomic E-state index is 12.0. The van der Waals surface area contributed by atoms with Crippen molar-refractivity contribution >= 4 is 23.3 Å². The molecule has 1 aromatic rings. The fraction of sp³-hybridized carbons (Fsp3) is 0.579. The number of hydrogen-bond acceptors (Lipinski definition) is 5. The highest BCUT2D eigenvalue weighted by Gasteiger charge is 2.23. The van der Waals surface area contributed by atoms with Crippen molar-refractivity contribution in [1.29, 1.82) is 0 Å². The summed E-state index contributed by atoms with van der Waals surface area (Å²) >= 11 is 0. The molecule has 1 heterocycles. The molecule has 25 heavy (non-hydrogen) atoms. The van der Waals surface area contributed by atoms with Crippen LogP contribution >= 0.6 is 0 Å². The molecule has 0 aromatic heterocycles. The first-order valence-electron chi connectivity index (χ1n) is 9.11. The summed E-state index contributed by atoms with van der Waals surface area (Å²) in [4.78, 5) is 26.2. The second-order valence-corrected chi connectivity index (χ2v) is 6.64. The van der Waals surface area contributed by atoms with Gasteiger partial charge in [0.05, 0.1) is 19.1 Å². The van der Waals surface area contributed by atoms with Gasteiger partial charge >= 0.3 is 5.97 Å². The third kappa shape index (κ3) is 5.19. The van der Waals surface area contributed by atoms with Gasteiger partial charge in [-0.3, -0.25) is 9.59 Å². The lowest BCUT2D eigenvalue weighted by atomic mass is 9.89. The second-order valence-electron chi connectivity index (χ2n) is 6.64. The number of benzene rings is 1. The second kappa shape index (κ2) is 8.85. The van der Waals surface area contributed by atoms with Crippen LogP contribution in [0.15, 0.2) is 24.3 Å². The van der Waals surface area contributed by atoms with Gasteiger partial charge in [-0.25, -0.2) is 0 Å². The number of anilines is 2. The largest absolute Gasteiger partial charge is 0.455 e. The molecule has 1 N–H and O–H groups in total. The average Bonchev–Trinajstić information content (AvgIpc) is 2.68. The number of carbonyl (C=O) groups is 2. The lowest BCUT2D eigenvalue weighted by Crippen LogP contribution is -2.36. The normalized spacial score (nSPS) is 18.6. The van der Waals surface area contributed by atoms with Crippen LogP contribution in [0.3, 0.4) is 0 Å². The van der Waals surface area contributed by atoms with E-state index in [4.69, 9.17) is 9.47 Å². The van der Waals surface area contributed by atoms with Crippen LogP contribution in [0, 0.1) is 5.92 Å². The van der Waals surface area contributed by atoms with E-state index in [2.05, 4.69) is 10.2 Å². The van der Waals surface area contributed by atoms with Crippen LogP contribution in [0.2, 0.25) is 0 Å². The predicted octanol–water partition coefficient (Wildman–Crippen LogP) is 2.59. The van der Waals surface area contributed by atoms with Gasteiger partial charge in [-0.05, 0) is 37.1 Å². The molecule has 1 amide bonds. The SMILES string of the molecule is O=C(COC(=O)C1CCCCC1)Nc1ccc(N2CCOCC2)cc1. The first kappa shape index (κ1) is 17.7. The van der Waals surface area contributed by atoms with E-state index in [1.807, 2.05) is 24.3 Å². The molecule has 1 aliphatic heterocycles. The number of ether oxygens (including phenoxy) is 2. The molecular formula is C19H26N2O4. The number of nitrogens with zero attached hydrogens (tertiary/aromatic N) is 1. The van der Waals surface area contributed by atoms with Gasteiger partial charge in [-0.2, -0.15) is 0 Å². The summed E-state index contributed by atoms with van der Waals surface area (Å²) in [7, 11) is 0. The first-order valence-corrected chi connectivity index (χ1v) is 9.11. The first-order chi connectivity index (χ1) is 12.2. The van der Waals surface area contributed by atoms with E-state index in [0.29, 0.717) is 5.69 Å². The van der Waals surface area contributed by atoms with Crippen LogP contribution in [-0.2, 0) is 19.1 Å². The maximum Gasteiger partial charge on any atom is 0.309 e. The molecule has 6 heteroatoms. The molecule has 0 unspecified atom stereocenters. The molecule has 0 atom stereocenters. The topological polar surface area (TPSA) is 67.9 Å². The van der Waals surface area contributed by atoms with Gasteiger partial charge in [0, 0.05) is 24.5 Å². The van der Waals surface area contributed by atoms with Crippen molar-refractivity contribution in [3.05, 3.63) is 24.3 Å². The molecule has 2 aliphatic rings. The summed E-state index contributed by atoms with van der Waals surface area (Å²) in [5.41, 5.74) is 1.82. The van der Waals surface area contributed by atoms with Gasteiger partial charge in [0.2, 0.25) is 0 Å². The molecule has 136 valence electrons. The van der Waals surface area contributed by atoms with E-state index in [9.17, 15) is 9.59 Å². The van der Waals surface area contributed by atoms with Crippen molar-refractivity contribution in [1.82, 2.24) is 0 Å². The lowest BCUT2D eigenvalue weighted by Gasteiger charge is -2.28. The van der Waals surface area contributed by atoms with Crippen molar-refractivity contribution in [2.45, 2.75) is 32.1 Å². The quantitative estimate of drug-likeness (QED) is 0.830. The number of esters is 1. The zero-order valence-electron chi connectivity index (χ0n) is 14.5. The number of morpholine rings is 1. The molecule has 6 nitrogen and oxygen atoms in total. The Morgan fingerprint density at radius 3 is 2.44 bits per heavy atom. The van der Waals surface area contributed by atoms with Gasteiger partial charge in [0.1, 0.15) is 0 Å². The zero-order valence-corrected chi connectivity index (χ0v) is 14.5. The van der Waals surface area contributed by atoms with Crippen LogP contribution in [0.4, 0.5) is 11.4 Å². The highest BCUT2D eigenvalue weighted by atomic mass is 16.5. The van der Waals surface area contributed by atoms with Crippen molar-refractivity contribution < 1.29 is 19.1 Å². The summed E-state index contributed by atoms with van der Waals surface area (Å²) in [5, 5.41) is 2.77. The Hall–Kier alpha value is -2.08. The van der Waals surface area contributed by atoms with E-state index < -0.39 is 0 Å². The minimum Gasteiger partial charge on any atom is -0.455 e. The Balaban J connectivity index is 1.43. The smallest absolute Gasteiger partial charge is 0.309 e. The fourth-order valence-corrected chi connectivity index (χ4v) is 3.37. The van der Waals surface area contributed by atoms with Gasteiger partial charge in [-0.1, -0.05) is 19.3 Å². The molecule has 2 fully saturated rings. The Bertz CT molecular complexity index is 576. The van der Waals surface area contributed by atoms with Crippen LogP contribution in [0.1, 0.15) is 32.1 Å². The number of rotatable bonds is 5. The number of carbonyl (C=O) groups excluding carboxylic acids is 2. The minimum absolute atomic E-state index is 0.0330. The third-order valence-electron chi connectivity index (χ3n) is 4.81. The maximum absolute atomic E-state index is 12.0. The molecular weight excluding hydrogens is 320 g/mol. The van der Waals surface area contributed by atoms with E-state index in [1.165, 1.54) is 6.42 Å². The third-order valence-corrected chi connectivity index (χ3v) is 4.81. The molecule has 1 aliphatic carbocycles. The summed E-state index contributed by atoms with van der Waals surface area (Å²) in [6.45, 7) is 3.02. The van der Waals surface area contributed by atoms with Crippen molar-refractivity contribution in [3.8, 4) is 0 Å². The highest BCUT2D eigenvalue weighted by Crippen LogP contribution is 2.24. The van der Waals surface area contributed by atoms with E-state index >= 15 is 0 Å². The number of nitrogens with one attached hydrogen (secondary N) is 1. The minimum atomic E-state index is -0.303. The molecule has 1 aromatic carbocycles. The van der Waals surface area contributed by atoms with Crippen LogP contribution < -0.4 is 10.2 Å². The number of amides is 1. The Kier molecular flexibility index (Phi) is 6.28. The molecule has 0 bridgehead atoms. The van der Waals surface area contributed by atoms with Gasteiger partial charge in [0.15, 0.2) is 6.61 Å². The monoisotopic (exact) mass is 346 g/mol. The molecule has 1 saturated heterocycles. The molecule has 1 saturated carbocycles. The van der Waals surface area contributed by atoms with Gasteiger partial charge in [-0.15, -0.1) is 0 Å². The van der Waals surface area contributed by atoms with Crippen LogP contribution in [-0.4, -0.2) is 44.8 Å². The van der Waals surface area contributed by atoms with Crippen molar-refractivity contribution in [3.63, 3.8) is 0 Å². The van der Waals surface area contributed by atoms with Crippen molar-refractivity contribution in [2.75, 3.05) is 43.1 Å². The van der Waals surface area contributed by atoms with E-state index in [-0.39, 0.29) is 24.4 Å². The number of hydrogen-bond donors (Lipinski definition) is 1. The highest BCUT2D eigenvalue weighted by molar-refractivity contribution is 5.93. The predicted molar refractivity (Wildman–Crippen MR) is 95.6 cm³/mol. The van der Waals surface area contributed by atoms with Crippen molar-refractivity contribution in [2.24, 2.45) is 5.92 Å². The van der Waals surface area contributed by atoms with Gasteiger partial charge < -0.3 is 19.7 Å². The van der Waals surface area contributed by atoms with Crippen LogP contribution in [0.5, 0.6) is 0 Å². The summed E-state index contributed by atoms with van der Waals surface area (Å²) in [6, 6.07) is 7.70. The summed E-state index contributed by atoms with van der Waals surface area (Å²) in [6.07, 6.45) is 5.08. The Labute approximate surface area is 148 Å². The summed E-state index contributed by atoms with van der Waals surface area (Å²) < 4.78 is 10.5. The van der Waals surface area contributed by atoms with E-state index in [0.717, 1.165) is 57.7 Å². The van der Waals surface area contributed by atoms with E-state index in [1.54, 1.807) is 0 Å². The Morgan fingerprint density at radius 1 is 1.08 bits per heavy atom. The summed E-state index contributed by atoms with van der Waals surface area (Å²) in [5.74, 6) is -0.574. The average molecular weight is 346 g/mol. The Morgan fingerprint density at radius 2 is 1.76 bits per heavy atom. The molecule has 0 radical (unpaired) electrons. The standard InChI is InChI=1S/C19H26N2O4/c22-18(14-25-19(23)15-4-2-1-3-5-15)20-16-6-8-17(9-7-16)21-10-12-24-13-11-21/h6-9,15H,1-5,10-14H2,(H,20,22). The lowest BCUT2D eigenvalue weighted by molar-refractivity contribution is -0.152. The fourth-order valence-electron chi connectivity index (χ4n) is 3.37. The molecule has 0 spiro atoms. The van der Waals surface area contributed by atoms with Gasteiger partial charge in [0.25, 0.3) is 5.91 Å².